The summed E-state index contributed by atoms with van der Waals surface area (Å²) in [5.74, 6) is 0.938. The quantitative estimate of drug-likeness (QED) is 0.741. The average Bonchev–Trinajstić information content (AvgIpc) is 2.38. The molecule has 0 aliphatic rings. The summed E-state index contributed by atoms with van der Waals surface area (Å²) in [6, 6.07) is 3.58. The maximum absolute atomic E-state index is 12.1. The zero-order valence-corrected chi connectivity index (χ0v) is 11.2. The maximum Gasteiger partial charge on any atom is 0.184 e. The van der Waals surface area contributed by atoms with Crippen LogP contribution < -0.4 is 14.8 Å². The number of rotatable bonds is 7. The summed E-state index contributed by atoms with van der Waals surface area (Å²) in [7, 11) is 6.37. The van der Waals surface area contributed by atoms with Crippen molar-refractivity contribution in [1.29, 1.82) is 0 Å². The average molecular weight is 253 g/mol. The minimum atomic E-state index is -0.0795. The van der Waals surface area contributed by atoms with Crippen LogP contribution in [0.2, 0.25) is 0 Å². The van der Waals surface area contributed by atoms with Gasteiger partial charge >= 0.3 is 0 Å². The Hall–Kier alpha value is -1.59. The first-order chi connectivity index (χ1) is 8.69. The Morgan fingerprint density at radius 1 is 1.22 bits per heavy atom. The van der Waals surface area contributed by atoms with Crippen LogP contribution in [0, 0.1) is 0 Å². The van der Waals surface area contributed by atoms with E-state index in [1.165, 1.54) is 14.2 Å². The number of methoxy groups -OCH3 is 3. The Labute approximate surface area is 107 Å². The Morgan fingerprint density at radius 3 is 2.44 bits per heavy atom. The van der Waals surface area contributed by atoms with Crippen molar-refractivity contribution in [3.05, 3.63) is 23.3 Å². The second kappa shape index (κ2) is 6.98. The van der Waals surface area contributed by atoms with E-state index in [4.69, 9.17) is 14.2 Å². The molecule has 100 valence electrons. The van der Waals surface area contributed by atoms with Crippen molar-refractivity contribution < 1.29 is 19.0 Å². The van der Waals surface area contributed by atoms with Crippen LogP contribution in [0.3, 0.4) is 0 Å². The maximum atomic E-state index is 12.1. The van der Waals surface area contributed by atoms with Crippen LogP contribution in [0.1, 0.15) is 15.9 Å². The van der Waals surface area contributed by atoms with E-state index in [2.05, 4.69) is 5.32 Å². The number of nitrogens with one attached hydrogen (secondary N) is 1. The molecule has 0 aliphatic heterocycles. The number of ketones is 1. The predicted molar refractivity (Wildman–Crippen MR) is 68.5 cm³/mol. The molecule has 1 rings (SSSR count). The summed E-state index contributed by atoms with van der Waals surface area (Å²) < 4.78 is 15.6. The standard InChI is InChI=1S/C13H19NO4/c1-14-7-10(15)12-11(17-3)6-5-9(8-16-2)13(12)18-4/h5-6,14H,7-8H2,1-4H3. The van der Waals surface area contributed by atoms with E-state index in [-0.39, 0.29) is 12.3 Å². The first-order valence-electron chi connectivity index (χ1n) is 5.60. The van der Waals surface area contributed by atoms with Gasteiger partial charge in [0.05, 0.1) is 27.4 Å². The van der Waals surface area contributed by atoms with Gasteiger partial charge in [-0.05, 0) is 19.2 Å². The lowest BCUT2D eigenvalue weighted by atomic mass is 10.0. The molecule has 18 heavy (non-hydrogen) atoms. The van der Waals surface area contributed by atoms with Gasteiger partial charge in [0.15, 0.2) is 5.78 Å². The molecule has 0 fully saturated rings. The topological polar surface area (TPSA) is 56.8 Å². The normalized spacial score (nSPS) is 10.2. The van der Waals surface area contributed by atoms with E-state index in [0.717, 1.165) is 5.56 Å². The Balaban J connectivity index is 3.31. The summed E-state index contributed by atoms with van der Waals surface area (Å²) >= 11 is 0. The van der Waals surface area contributed by atoms with Gasteiger partial charge in [-0.2, -0.15) is 0 Å². The SMILES string of the molecule is CNCC(=O)c1c(OC)ccc(COC)c1OC. The smallest absolute Gasteiger partial charge is 0.184 e. The number of hydrogen-bond acceptors (Lipinski definition) is 5. The van der Waals surface area contributed by atoms with Crippen LogP contribution in [0.5, 0.6) is 11.5 Å². The molecule has 0 aromatic heterocycles. The number of likely N-dealkylation sites (N-methyl/N-ethyl adjacent to an activating group) is 1. The fourth-order valence-electron chi connectivity index (χ4n) is 1.79. The predicted octanol–water partition coefficient (Wildman–Crippen LogP) is 1.25. The minimum Gasteiger partial charge on any atom is -0.496 e. The molecule has 0 spiro atoms. The van der Waals surface area contributed by atoms with Crippen LogP contribution in [0.15, 0.2) is 12.1 Å². The van der Waals surface area contributed by atoms with E-state index in [1.807, 2.05) is 6.07 Å². The largest absolute Gasteiger partial charge is 0.496 e. The molecule has 0 amide bonds. The molecule has 0 atom stereocenters. The van der Waals surface area contributed by atoms with E-state index in [0.29, 0.717) is 23.7 Å². The minimum absolute atomic E-state index is 0.0795. The molecule has 0 radical (unpaired) electrons. The van der Waals surface area contributed by atoms with Crippen molar-refractivity contribution in [2.45, 2.75) is 6.61 Å². The van der Waals surface area contributed by atoms with Crippen LogP contribution in [-0.2, 0) is 11.3 Å². The molecule has 0 unspecified atom stereocenters. The Bertz CT molecular complexity index is 418. The monoisotopic (exact) mass is 253 g/mol. The van der Waals surface area contributed by atoms with Gasteiger partial charge in [0.2, 0.25) is 0 Å². The van der Waals surface area contributed by atoms with Crippen molar-refractivity contribution in [1.82, 2.24) is 5.32 Å². The summed E-state index contributed by atoms with van der Waals surface area (Å²) in [5, 5.41) is 2.83. The van der Waals surface area contributed by atoms with Crippen molar-refractivity contribution in [3.63, 3.8) is 0 Å². The van der Waals surface area contributed by atoms with Crippen LogP contribution in [0.25, 0.3) is 0 Å². The van der Waals surface area contributed by atoms with Gasteiger partial charge in [-0.3, -0.25) is 4.79 Å². The van der Waals surface area contributed by atoms with Crippen molar-refractivity contribution >= 4 is 5.78 Å². The highest BCUT2D eigenvalue weighted by Crippen LogP contribution is 2.32. The molecule has 1 N–H and O–H groups in total. The number of carbonyl (C=O) groups is 1. The first kappa shape index (κ1) is 14.5. The van der Waals surface area contributed by atoms with Gasteiger partial charge in [-0.25, -0.2) is 0 Å². The Morgan fingerprint density at radius 2 is 1.94 bits per heavy atom. The summed E-state index contributed by atoms with van der Waals surface area (Å²) in [6.07, 6.45) is 0. The fraction of sp³-hybridized carbons (Fsp3) is 0.462. The molecule has 0 heterocycles. The second-order valence-electron chi connectivity index (χ2n) is 3.72. The molecule has 5 nitrogen and oxygen atoms in total. The highest BCUT2D eigenvalue weighted by Gasteiger charge is 2.20. The number of carbonyl (C=O) groups excluding carboxylic acids is 1. The first-order valence-corrected chi connectivity index (χ1v) is 5.60. The van der Waals surface area contributed by atoms with E-state index in [9.17, 15) is 4.79 Å². The molecular weight excluding hydrogens is 234 g/mol. The van der Waals surface area contributed by atoms with E-state index >= 15 is 0 Å². The summed E-state index contributed by atoms with van der Waals surface area (Å²) in [6.45, 7) is 0.607. The molecule has 1 aromatic rings. The third-order valence-corrected chi connectivity index (χ3v) is 2.54. The van der Waals surface area contributed by atoms with Crippen molar-refractivity contribution in [2.75, 3.05) is 34.9 Å². The molecule has 0 saturated heterocycles. The van der Waals surface area contributed by atoms with Gasteiger partial charge < -0.3 is 19.5 Å². The Kier molecular flexibility index (Phi) is 5.61. The number of Topliss-reactive ketones (excluding diaryl/α,β-unsaturated/α-hetero) is 1. The highest BCUT2D eigenvalue weighted by atomic mass is 16.5. The van der Waals surface area contributed by atoms with Gasteiger partial charge in [0, 0.05) is 12.7 Å². The number of hydrogen-bond donors (Lipinski definition) is 1. The molecule has 0 aliphatic carbocycles. The van der Waals surface area contributed by atoms with Crippen molar-refractivity contribution in [3.8, 4) is 11.5 Å². The highest BCUT2D eigenvalue weighted by molar-refractivity contribution is 6.03. The zero-order valence-electron chi connectivity index (χ0n) is 11.2. The fourth-order valence-corrected chi connectivity index (χ4v) is 1.79. The van der Waals surface area contributed by atoms with Gasteiger partial charge in [0.1, 0.15) is 17.1 Å². The van der Waals surface area contributed by atoms with E-state index < -0.39 is 0 Å². The van der Waals surface area contributed by atoms with Crippen molar-refractivity contribution in [2.24, 2.45) is 0 Å². The van der Waals surface area contributed by atoms with E-state index in [1.54, 1.807) is 20.2 Å². The van der Waals surface area contributed by atoms with Crippen LogP contribution in [0.4, 0.5) is 0 Å². The number of ether oxygens (including phenoxy) is 3. The van der Waals surface area contributed by atoms with Gasteiger partial charge in [0.25, 0.3) is 0 Å². The molecule has 5 heteroatoms. The zero-order chi connectivity index (χ0) is 13.5. The van der Waals surface area contributed by atoms with Crippen LogP contribution >= 0.6 is 0 Å². The van der Waals surface area contributed by atoms with Gasteiger partial charge in [-0.15, -0.1) is 0 Å². The third-order valence-electron chi connectivity index (χ3n) is 2.54. The number of benzene rings is 1. The molecule has 0 bridgehead atoms. The lowest BCUT2D eigenvalue weighted by Crippen LogP contribution is -2.20. The van der Waals surface area contributed by atoms with Crippen LogP contribution in [-0.4, -0.2) is 40.7 Å². The molecule has 0 saturated carbocycles. The lowest BCUT2D eigenvalue weighted by Gasteiger charge is -2.15. The summed E-state index contributed by atoms with van der Waals surface area (Å²) in [4.78, 5) is 12.1. The molecule has 1 aromatic carbocycles. The second-order valence-corrected chi connectivity index (χ2v) is 3.72. The van der Waals surface area contributed by atoms with Gasteiger partial charge in [-0.1, -0.05) is 0 Å². The third kappa shape index (κ3) is 3.00. The molecular formula is C13H19NO4. The lowest BCUT2D eigenvalue weighted by molar-refractivity contribution is 0.0986. The summed E-state index contributed by atoms with van der Waals surface area (Å²) in [5.41, 5.74) is 1.27.